The monoisotopic (exact) mass is 561 g/mol. The molecule has 2 aromatic rings. The Balaban J connectivity index is 1.37. The SMILES string of the molecule is COc1ncccc1C(n1cnc(NC(=O)[C@@H](NC(=O)C(=N)/C(=N\O)C2CC2)C(C2CC2)C2CC2)c1)C(F)(F)F. The van der Waals surface area contributed by atoms with E-state index in [1.807, 2.05) is 0 Å². The van der Waals surface area contributed by atoms with Crippen molar-refractivity contribution in [3.05, 3.63) is 36.4 Å². The predicted octanol–water partition coefficient (Wildman–Crippen LogP) is 3.56. The Kier molecular flexibility index (Phi) is 7.51. The van der Waals surface area contributed by atoms with Crippen LogP contribution in [0.5, 0.6) is 5.88 Å². The average Bonchev–Trinajstić information content (AvgIpc) is 3.77. The predicted molar refractivity (Wildman–Crippen MR) is 136 cm³/mol. The van der Waals surface area contributed by atoms with Gasteiger partial charge in [0.1, 0.15) is 17.5 Å². The summed E-state index contributed by atoms with van der Waals surface area (Å²) in [6.07, 6.45) is 3.63. The molecule has 0 aliphatic heterocycles. The summed E-state index contributed by atoms with van der Waals surface area (Å²) in [7, 11) is 1.23. The maximum Gasteiger partial charge on any atom is 0.413 e. The molecule has 2 heterocycles. The number of methoxy groups -OCH3 is 1. The molecule has 0 bridgehead atoms. The van der Waals surface area contributed by atoms with Crippen molar-refractivity contribution in [2.24, 2.45) is 28.8 Å². The van der Waals surface area contributed by atoms with Gasteiger partial charge in [0.25, 0.3) is 5.91 Å². The third kappa shape index (κ3) is 5.94. The summed E-state index contributed by atoms with van der Waals surface area (Å²) >= 11 is 0. The molecule has 0 aromatic carbocycles. The maximum absolute atomic E-state index is 14.2. The summed E-state index contributed by atoms with van der Waals surface area (Å²) in [5, 5.41) is 25.9. The van der Waals surface area contributed by atoms with Crippen LogP contribution in [0, 0.1) is 29.1 Å². The van der Waals surface area contributed by atoms with Crippen molar-refractivity contribution in [2.75, 3.05) is 12.4 Å². The Hall–Kier alpha value is -3.97. The number of ether oxygens (including phenoxy) is 1. The van der Waals surface area contributed by atoms with Gasteiger partial charge in [-0.3, -0.25) is 15.0 Å². The van der Waals surface area contributed by atoms with Crippen LogP contribution in [0.15, 0.2) is 36.0 Å². The molecule has 0 spiro atoms. The van der Waals surface area contributed by atoms with Gasteiger partial charge in [0.05, 0.1) is 13.4 Å². The van der Waals surface area contributed by atoms with E-state index in [1.165, 1.54) is 25.4 Å². The molecule has 4 N–H and O–H groups in total. The number of carbonyl (C=O) groups excluding carboxylic acids is 2. The second-order valence-corrected chi connectivity index (χ2v) is 10.6. The van der Waals surface area contributed by atoms with E-state index in [0.717, 1.165) is 42.8 Å². The summed E-state index contributed by atoms with van der Waals surface area (Å²) in [5.41, 5.74) is -0.749. The van der Waals surface area contributed by atoms with Gasteiger partial charge < -0.3 is 25.1 Å². The minimum Gasteiger partial charge on any atom is -0.481 e. The van der Waals surface area contributed by atoms with E-state index in [9.17, 15) is 28.0 Å². The fourth-order valence-electron chi connectivity index (χ4n) is 5.28. The topological polar surface area (TPSA) is 155 Å². The summed E-state index contributed by atoms with van der Waals surface area (Å²) in [6, 6.07) is -0.583. The van der Waals surface area contributed by atoms with Gasteiger partial charge in [0.2, 0.25) is 11.8 Å². The number of halogens is 3. The van der Waals surface area contributed by atoms with E-state index >= 15 is 0 Å². The lowest BCUT2D eigenvalue weighted by Crippen LogP contribution is -2.52. The van der Waals surface area contributed by atoms with Crippen molar-refractivity contribution >= 4 is 29.1 Å². The smallest absolute Gasteiger partial charge is 0.413 e. The molecular formula is C26H30F3N7O4. The van der Waals surface area contributed by atoms with Crippen LogP contribution in [0.25, 0.3) is 0 Å². The minimum absolute atomic E-state index is 0.0196. The standard InChI is InChI=1S/C26H30F3N7O4/c1-40-25-16(3-2-10-31-25)22(26(27,28)29)36-11-17(32-12-36)33-24(38)21(18(13-4-5-13)14-6-7-14)34-23(37)19(30)20(35-39)15-8-9-15/h2-3,10-15,18,21-22,30,39H,4-9H2,1H3,(H,33,38)(H,34,37)/b30-19?,35-20-/t21-,22?/m0/s1. The Morgan fingerprint density at radius 2 is 1.85 bits per heavy atom. The molecule has 2 amide bonds. The van der Waals surface area contributed by atoms with E-state index in [4.69, 9.17) is 10.1 Å². The number of hydrogen-bond donors (Lipinski definition) is 4. The molecule has 11 nitrogen and oxygen atoms in total. The number of rotatable bonds is 12. The first-order valence-electron chi connectivity index (χ1n) is 13.1. The third-order valence-electron chi connectivity index (χ3n) is 7.59. The minimum atomic E-state index is -4.73. The van der Waals surface area contributed by atoms with Crippen LogP contribution < -0.4 is 15.4 Å². The number of nitrogens with one attached hydrogen (secondary N) is 3. The number of hydrogen-bond acceptors (Lipinski definition) is 8. The normalized spacial score (nSPS) is 19.2. The maximum atomic E-state index is 14.2. The zero-order chi connectivity index (χ0) is 28.6. The van der Waals surface area contributed by atoms with Gasteiger partial charge in [-0.25, -0.2) is 9.97 Å². The third-order valence-corrected chi connectivity index (χ3v) is 7.59. The number of amides is 2. The van der Waals surface area contributed by atoms with Crippen LogP contribution in [0.2, 0.25) is 0 Å². The molecule has 3 aliphatic carbocycles. The molecule has 1 unspecified atom stereocenters. The molecule has 14 heteroatoms. The molecule has 3 saturated carbocycles. The van der Waals surface area contributed by atoms with Crippen molar-refractivity contribution in [1.82, 2.24) is 19.9 Å². The molecule has 2 atom stereocenters. The Labute approximate surface area is 227 Å². The van der Waals surface area contributed by atoms with E-state index < -0.39 is 35.8 Å². The van der Waals surface area contributed by atoms with Crippen LogP contribution in [0.1, 0.15) is 50.1 Å². The van der Waals surface area contributed by atoms with Crippen molar-refractivity contribution < 1.29 is 32.7 Å². The second-order valence-electron chi connectivity index (χ2n) is 10.6. The summed E-state index contributed by atoms with van der Waals surface area (Å²) in [4.78, 5) is 34.4. The van der Waals surface area contributed by atoms with E-state index in [0.29, 0.717) is 12.8 Å². The molecule has 0 radical (unpaired) electrons. The highest BCUT2D eigenvalue weighted by molar-refractivity contribution is 6.66. The fourth-order valence-corrected chi connectivity index (χ4v) is 5.28. The Morgan fingerprint density at radius 1 is 1.18 bits per heavy atom. The molecule has 214 valence electrons. The van der Waals surface area contributed by atoms with E-state index in [1.54, 1.807) is 0 Å². The van der Waals surface area contributed by atoms with Crippen molar-refractivity contribution in [2.45, 2.75) is 56.8 Å². The Morgan fingerprint density at radius 3 is 2.40 bits per heavy atom. The quantitative estimate of drug-likeness (QED) is 0.177. The van der Waals surface area contributed by atoms with Crippen LogP contribution in [-0.2, 0) is 9.59 Å². The van der Waals surface area contributed by atoms with Crippen molar-refractivity contribution in [1.29, 1.82) is 5.41 Å². The number of carbonyl (C=O) groups is 2. The first-order valence-corrected chi connectivity index (χ1v) is 13.1. The largest absolute Gasteiger partial charge is 0.481 e. The van der Waals surface area contributed by atoms with Gasteiger partial charge in [-0.05, 0) is 68.4 Å². The van der Waals surface area contributed by atoms with Gasteiger partial charge in [-0.15, -0.1) is 0 Å². The molecule has 3 aliphatic rings. The summed E-state index contributed by atoms with van der Waals surface area (Å²) in [5.74, 6) is -1.70. The van der Waals surface area contributed by atoms with Gasteiger partial charge in [-0.2, -0.15) is 13.2 Å². The van der Waals surface area contributed by atoms with E-state index in [2.05, 4.69) is 25.8 Å². The first kappa shape index (κ1) is 27.6. The number of pyridine rings is 1. The zero-order valence-corrected chi connectivity index (χ0v) is 21.7. The van der Waals surface area contributed by atoms with Crippen molar-refractivity contribution in [3.8, 4) is 5.88 Å². The highest BCUT2D eigenvalue weighted by atomic mass is 19.4. The van der Waals surface area contributed by atoms with Gasteiger partial charge in [-0.1, -0.05) is 5.16 Å². The molecule has 3 fully saturated rings. The molecule has 0 saturated heterocycles. The Bertz CT molecular complexity index is 1300. The number of oxime groups is 1. The molecular weight excluding hydrogens is 531 g/mol. The zero-order valence-electron chi connectivity index (χ0n) is 21.7. The molecule has 5 rings (SSSR count). The molecule has 2 aromatic heterocycles. The lowest BCUT2D eigenvalue weighted by Gasteiger charge is -2.27. The molecule has 40 heavy (non-hydrogen) atoms. The number of alkyl halides is 3. The van der Waals surface area contributed by atoms with Gasteiger partial charge in [0.15, 0.2) is 11.9 Å². The van der Waals surface area contributed by atoms with Crippen molar-refractivity contribution in [3.63, 3.8) is 0 Å². The lowest BCUT2D eigenvalue weighted by atomic mass is 9.88. The lowest BCUT2D eigenvalue weighted by molar-refractivity contribution is -0.157. The van der Waals surface area contributed by atoms with E-state index in [-0.39, 0.29) is 46.6 Å². The van der Waals surface area contributed by atoms with Gasteiger partial charge >= 0.3 is 6.18 Å². The van der Waals surface area contributed by atoms with Crippen LogP contribution in [0.3, 0.4) is 0 Å². The number of anilines is 1. The second kappa shape index (κ2) is 10.9. The van der Waals surface area contributed by atoms with Crippen LogP contribution in [-0.4, -0.2) is 62.3 Å². The number of imidazole rings is 1. The summed E-state index contributed by atoms with van der Waals surface area (Å²) < 4.78 is 48.3. The fraction of sp³-hybridized carbons (Fsp3) is 0.538. The highest BCUT2D eigenvalue weighted by Gasteiger charge is 2.49. The first-order chi connectivity index (χ1) is 19.1. The van der Waals surface area contributed by atoms with Gasteiger partial charge in [0, 0.05) is 23.9 Å². The number of nitrogens with zero attached hydrogens (tertiary/aromatic N) is 4. The average molecular weight is 562 g/mol. The van der Waals surface area contributed by atoms with Crippen LogP contribution >= 0.6 is 0 Å². The van der Waals surface area contributed by atoms with Crippen LogP contribution in [0.4, 0.5) is 19.0 Å². The highest BCUT2D eigenvalue weighted by Crippen LogP contribution is 2.51. The summed E-state index contributed by atoms with van der Waals surface area (Å²) in [6.45, 7) is 0. The number of aromatic nitrogens is 3.